The zero-order chi connectivity index (χ0) is 10.7. The van der Waals surface area contributed by atoms with Crippen molar-refractivity contribution in [2.24, 2.45) is 0 Å². The first kappa shape index (κ1) is 9.97. The molecule has 1 atom stereocenters. The van der Waals surface area contributed by atoms with Gasteiger partial charge in [-0.2, -0.15) is 4.98 Å². The highest BCUT2D eigenvalue weighted by molar-refractivity contribution is 5.92. The van der Waals surface area contributed by atoms with Gasteiger partial charge in [-0.1, -0.05) is 0 Å². The lowest BCUT2D eigenvalue weighted by Crippen LogP contribution is -2.31. The van der Waals surface area contributed by atoms with Crippen LogP contribution >= 0.6 is 0 Å². The Morgan fingerprint density at radius 3 is 3.20 bits per heavy atom. The molecule has 1 aromatic rings. The number of oxazole rings is 1. The summed E-state index contributed by atoms with van der Waals surface area (Å²) in [5, 5.41) is 2.71. The minimum absolute atomic E-state index is 0.00253. The number of hydrogen-bond donors (Lipinski definition) is 2. The predicted molar refractivity (Wildman–Crippen MR) is 52.2 cm³/mol. The highest BCUT2D eigenvalue weighted by atomic mass is 16.5. The Labute approximate surface area is 86.8 Å². The van der Waals surface area contributed by atoms with Gasteiger partial charge in [-0.05, 0) is 12.8 Å². The summed E-state index contributed by atoms with van der Waals surface area (Å²) in [6.45, 7) is 1.28. The number of amides is 1. The number of rotatable bonds is 3. The number of nitrogens with zero attached hydrogens (tertiary/aromatic N) is 1. The standard InChI is InChI=1S/C9H13N3O3/c10-9-12-7(5-15-9)8(13)11-4-6-2-1-3-14-6/h5-6H,1-4H2,(H2,10,12)(H,11,13). The van der Waals surface area contributed by atoms with Crippen molar-refractivity contribution in [3.63, 3.8) is 0 Å². The largest absolute Gasteiger partial charge is 0.431 e. The van der Waals surface area contributed by atoms with E-state index in [0.717, 1.165) is 19.4 Å². The lowest BCUT2D eigenvalue weighted by Gasteiger charge is -2.09. The van der Waals surface area contributed by atoms with Crippen LogP contribution in [0.3, 0.4) is 0 Å². The average molecular weight is 211 g/mol. The molecule has 2 rings (SSSR count). The third-order valence-electron chi connectivity index (χ3n) is 2.27. The van der Waals surface area contributed by atoms with Crippen LogP contribution < -0.4 is 11.1 Å². The van der Waals surface area contributed by atoms with Gasteiger partial charge in [0.15, 0.2) is 5.69 Å². The molecule has 1 aliphatic heterocycles. The number of ether oxygens (including phenoxy) is 1. The SMILES string of the molecule is Nc1nc(C(=O)NCC2CCCO2)co1. The number of nitrogen functional groups attached to an aromatic ring is 1. The number of hydrogen-bond acceptors (Lipinski definition) is 5. The maximum absolute atomic E-state index is 11.5. The minimum Gasteiger partial charge on any atom is -0.431 e. The Morgan fingerprint density at radius 1 is 1.73 bits per heavy atom. The molecule has 0 aromatic carbocycles. The first-order valence-electron chi connectivity index (χ1n) is 4.86. The Hall–Kier alpha value is -1.56. The van der Waals surface area contributed by atoms with E-state index >= 15 is 0 Å². The van der Waals surface area contributed by atoms with Crippen LogP contribution in [0.4, 0.5) is 6.01 Å². The molecule has 15 heavy (non-hydrogen) atoms. The molecule has 82 valence electrons. The normalized spacial score (nSPS) is 20.4. The van der Waals surface area contributed by atoms with Gasteiger partial charge in [0.1, 0.15) is 6.26 Å². The van der Waals surface area contributed by atoms with Gasteiger partial charge in [-0.3, -0.25) is 4.79 Å². The molecular formula is C9H13N3O3. The predicted octanol–water partition coefficient (Wildman–Crippen LogP) is 0.166. The Balaban J connectivity index is 1.81. The van der Waals surface area contributed by atoms with Crippen molar-refractivity contribution in [2.75, 3.05) is 18.9 Å². The molecule has 1 aromatic heterocycles. The topological polar surface area (TPSA) is 90.4 Å². The summed E-state index contributed by atoms with van der Waals surface area (Å²) in [5.41, 5.74) is 5.45. The van der Waals surface area contributed by atoms with Crippen LogP contribution in [0.25, 0.3) is 0 Å². The van der Waals surface area contributed by atoms with Crippen molar-refractivity contribution >= 4 is 11.9 Å². The number of anilines is 1. The monoisotopic (exact) mass is 211 g/mol. The van der Waals surface area contributed by atoms with E-state index in [-0.39, 0.29) is 23.7 Å². The Bertz CT molecular complexity index is 344. The molecule has 0 radical (unpaired) electrons. The first-order valence-corrected chi connectivity index (χ1v) is 4.86. The first-order chi connectivity index (χ1) is 7.25. The maximum atomic E-state index is 11.5. The molecule has 6 nitrogen and oxygen atoms in total. The van der Waals surface area contributed by atoms with Crippen molar-refractivity contribution in [1.82, 2.24) is 10.3 Å². The van der Waals surface area contributed by atoms with Crippen LogP contribution in [0.5, 0.6) is 0 Å². The summed E-state index contributed by atoms with van der Waals surface area (Å²) < 4.78 is 10.1. The van der Waals surface area contributed by atoms with Gasteiger partial charge in [-0.15, -0.1) is 0 Å². The lowest BCUT2D eigenvalue weighted by molar-refractivity contribution is 0.0853. The second kappa shape index (κ2) is 4.31. The summed E-state index contributed by atoms with van der Waals surface area (Å²) >= 11 is 0. The van der Waals surface area contributed by atoms with Crippen molar-refractivity contribution < 1.29 is 13.9 Å². The summed E-state index contributed by atoms with van der Waals surface area (Å²) in [6.07, 6.45) is 3.40. The van der Waals surface area contributed by atoms with Crippen LogP contribution in [0, 0.1) is 0 Å². The van der Waals surface area contributed by atoms with E-state index in [2.05, 4.69) is 10.3 Å². The zero-order valence-corrected chi connectivity index (χ0v) is 8.23. The van der Waals surface area contributed by atoms with Gasteiger partial charge < -0.3 is 20.2 Å². The molecule has 6 heteroatoms. The molecule has 1 saturated heterocycles. The van der Waals surface area contributed by atoms with Crippen molar-refractivity contribution in [3.8, 4) is 0 Å². The Kier molecular flexibility index (Phi) is 2.86. The van der Waals surface area contributed by atoms with E-state index in [1.807, 2.05) is 0 Å². The average Bonchev–Trinajstić information content (AvgIpc) is 2.84. The van der Waals surface area contributed by atoms with Crippen LogP contribution in [0.1, 0.15) is 23.3 Å². The number of carbonyl (C=O) groups excluding carboxylic acids is 1. The number of aromatic nitrogens is 1. The molecule has 0 bridgehead atoms. The van der Waals surface area contributed by atoms with Gasteiger partial charge in [-0.25, -0.2) is 0 Å². The molecule has 1 amide bonds. The molecule has 0 aliphatic carbocycles. The Morgan fingerprint density at radius 2 is 2.60 bits per heavy atom. The van der Waals surface area contributed by atoms with Crippen LogP contribution in [-0.4, -0.2) is 30.1 Å². The quantitative estimate of drug-likeness (QED) is 0.743. The van der Waals surface area contributed by atoms with Crippen molar-refractivity contribution in [1.29, 1.82) is 0 Å². The van der Waals surface area contributed by atoms with Gasteiger partial charge >= 0.3 is 0 Å². The third-order valence-corrected chi connectivity index (χ3v) is 2.27. The lowest BCUT2D eigenvalue weighted by atomic mass is 10.2. The second-order valence-corrected chi connectivity index (χ2v) is 3.42. The number of carbonyl (C=O) groups is 1. The van der Waals surface area contributed by atoms with Gasteiger partial charge in [0.2, 0.25) is 0 Å². The highest BCUT2D eigenvalue weighted by Gasteiger charge is 2.17. The van der Waals surface area contributed by atoms with Gasteiger partial charge in [0.25, 0.3) is 11.9 Å². The molecular weight excluding hydrogens is 198 g/mol. The van der Waals surface area contributed by atoms with E-state index < -0.39 is 0 Å². The summed E-state index contributed by atoms with van der Waals surface area (Å²) in [7, 11) is 0. The van der Waals surface area contributed by atoms with Gasteiger partial charge in [0, 0.05) is 13.2 Å². The van der Waals surface area contributed by atoms with Crippen molar-refractivity contribution in [3.05, 3.63) is 12.0 Å². The van der Waals surface area contributed by atoms with E-state index in [9.17, 15) is 4.79 Å². The molecule has 3 N–H and O–H groups in total. The molecule has 1 fully saturated rings. The molecule has 0 spiro atoms. The third kappa shape index (κ3) is 2.47. The zero-order valence-electron chi connectivity index (χ0n) is 8.23. The second-order valence-electron chi connectivity index (χ2n) is 3.42. The molecule has 0 saturated carbocycles. The van der Waals surface area contributed by atoms with Crippen molar-refractivity contribution in [2.45, 2.75) is 18.9 Å². The number of nitrogens with one attached hydrogen (secondary N) is 1. The molecule has 1 aliphatic rings. The fourth-order valence-electron chi connectivity index (χ4n) is 1.49. The smallest absolute Gasteiger partial charge is 0.292 e. The highest BCUT2D eigenvalue weighted by Crippen LogP contribution is 2.11. The van der Waals surface area contributed by atoms with E-state index in [4.69, 9.17) is 14.9 Å². The van der Waals surface area contributed by atoms with E-state index in [1.165, 1.54) is 6.26 Å². The summed E-state index contributed by atoms with van der Waals surface area (Å²) in [5.74, 6) is -0.286. The summed E-state index contributed by atoms with van der Waals surface area (Å²) in [4.78, 5) is 15.2. The van der Waals surface area contributed by atoms with Crippen LogP contribution in [0.2, 0.25) is 0 Å². The fourth-order valence-corrected chi connectivity index (χ4v) is 1.49. The fraction of sp³-hybridized carbons (Fsp3) is 0.556. The van der Waals surface area contributed by atoms with E-state index in [1.54, 1.807) is 0 Å². The van der Waals surface area contributed by atoms with E-state index in [0.29, 0.717) is 6.54 Å². The van der Waals surface area contributed by atoms with Crippen LogP contribution in [0.15, 0.2) is 10.7 Å². The van der Waals surface area contributed by atoms with Gasteiger partial charge in [0.05, 0.1) is 6.10 Å². The molecule has 1 unspecified atom stereocenters. The summed E-state index contributed by atoms with van der Waals surface area (Å²) in [6, 6.07) is -0.00253. The minimum atomic E-state index is -0.286. The molecule has 2 heterocycles. The maximum Gasteiger partial charge on any atom is 0.292 e. The number of nitrogens with two attached hydrogens (primary N) is 1. The van der Waals surface area contributed by atoms with Crippen LogP contribution in [-0.2, 0) is 4.74 Å².